The Hall–Kier alpha value is -2.01. The Kier molecular flexibility index (Phi) is 2.89. The first-order valence-corrected chi connectivity index (χ1v) is 7.37. The van der Waals surface area contributed by atoms with Gasteiger partial charge in [0.2, 0.25) is 0 Å². The molecule has 3 atom stereocenters. The van der Waals surface area contributed by atoms with Crippen molar-refractivity contribution in [3.63, 3.8) is 0 Å². The quantitative estimate of drug-likeness (QED) is 0.906. The number of amides is 1. The molecule has 3 heterocycles. The summed E-state index contributed by atoms with van der Waals surface area (Å²) in [5.41, 5.74) is 1.29. The maximum atomic E-state index is 12.5. The number of rotatable bonds is 3. The van der Waals surface area contributed by atoms with Crippen LogP contribution in [0.3, 0.4) is 0 Å². The van der Waals surface area contributed by atoms with Crippen LogP contribution in [0.4, 0.5) is 0 Å². The van der Waals surface area contributed by atoms with Gasteiger partial charge in [0.1, 0.15) is 0 Å². The largest absolute Gasteiger partial charge is 0.493 e. The molecule has 21 heavy (non-hydrogen) atoms. The van der Waals surface area contributed by atoms with Crippen molar-refractivity contribution in [1.82, 2.24) is 10.6 Å². The van der Waals surface area contributed by atoms with Gasteiger partial charge in [0.15, 0.2) is 11.3 Å². The number of methoxy groups -OCH3 is 1. The predicted octanol–water partition coefficient (Wildman–Crippen LogP) is 2.06. The lowest BCUT2D eigenvalue weighted by Crippen LogP contribution is -2.42. The third-order valence-corrected chi connectivity index (χ3v) is 4.62. The normalized spacial score (nSPS) is 27.2. The fourth-order valence-electron chi connectivity index (χ4n) is 3.57. The fourth-order valence-corrected chi connectivity index (χ4v) is 3.57. The van der Waals surface area contributed by atoms with Gasteiger partial charge in [0.25, 0.3) is 5.91 Å². The van der Waals surface area contributed by atoms with Crippen molar-refractivity contribution in [1.29, 1.82) is 0 Å². The van der Waals surface area contributed by atoms with Gasteiger partial charge in [-0.25, -0.2) is 0 Å². The molecule has 5 nitrogen and oxygen atoms in total. The Morgan fingerprint density at radius 3 is 3.05 bits per heavy atom. The molecule has 4 rings (SSSR count). The maximum Gasteiger partial charge on any atom is 0.251 e. The second-order valence-corrected chi connectivity index (χ2v) is 5.88. The number of hydrogen-bond donors (Lipinski definition) is 2. The van der Waals surface area contributed by atoms with Gasteiger partial charge in [-0.3, -0.25) is 4.79 Å². The number of hydrogen-bond acceptors (Lipinski definition) is 4. The first-order valence-electron chi connectivity index (χ1n) is 7.37. The summed E-state index contributed by atoms with van der Waals surface area (Å²) < 4.78 is 10.7. The van der Waals surface area contributed by atoms with Gasteiger partial charge in [0, 0.05) is 29.1 Å². The molecule has 2 N–H and O–H groups in total. The first kappa shape index (κ1) is 12.7. The fraction of sp³-hybridized carbons (Fsp3) is 0.438. The molecule has 5 heteroatoms. The summed E-state index contributed by atoms with van der Waals surface area (Å²) in [6, 6.07) is 6.67. The second kappa shape index (κ2) is 4.77. The molecule has 2 aliphatic rings. The van der Waals surface area contributed by atoms with Gasteiger partial charge in [-0.05, 0) is 37.5 Å². The SMILES string of the molecule is COc1cc(C(=O)N[C@@H]2C[C@H]3CC[C@@H]2N3)cc2ccoc12. The lowest BCUT2D eigenvalue weighted by molar-refractivity contribution is 0.0931. The summed E-state index contributed by atoms with van der Waals surface area (Å²) in [4.78, 5) is 12.5. The van der Waals surface area contributed by atoms with Crippen LogP contribution in [0.25, 0.3) is 11.0 Å². The van der Waals surface area contributed by atoms with E-state index in [1.165, 1.54) is 6.42 Å². The Balaban J connectivity index is 1.59. The van der Waals surface area contributed by atoms with Crippen molar-refractivity contribution >= 4 is 16.9 Å². The van der Waals surface area contributed by atoms with Gasteiger partial charge in [-0.1, -0.05) is 0 Å². The smallest absolute Gasteiger partial charge is 0.251 e. The molecule has 2 bridgehead atoms. The highest BCUT2D eigenvalue weighted by Gasteiger charge is 2.39. The average Bonchev–Trinajstić information content (AvgIpc) is 3.21. The molecule has 110 valence electrons. The first-order chi connectivity index (χ1) is 10.2. The summed E-state index contributed by atoms with van der Waals surface area (Å²) in [6.07, 6.45) is 5.02. The molecular formula is C16H18N2O3. The summed E-state index contributed by atoms with van der Waals surface area (Å²) in [7, 11) is 1.58. The monoisotopic (exact) mass is 286 g/mol. The third kappa shape index (κ3) is 2.08. The molecule has 0 saturated carbocycles. The lowest BCUT2D eigenvalue weighted by atomic mass is 9.95. The molecule has 0 unspecified atom stereocenters. The minimum absolute atomic E-state index is 0.0456. The minimum atomic E-state index is -0.0456. The summed E-state index contributed by atoms with van der Waals surface area (Å²) in [5, 5.41) is 7.56. The zero-order chi connectivity index (χ0) is 14.4. The maximum absolute atomic E-state index is 12.5. The number of furan rings is 1. The number of fused-ring (bicyclic) bond motifs is 3. The standard InChI is InChI=1S/C16H18N2O3/c1-20-14-7-10(6-9-4-5-21-15(9)14)16(19)18-13-8-11-2-3-12(13)17-11/h4-7,11-13,17H,2-3,8H2,1H3,(H,18,19)/t11-,12+,13-/m1/s1. The minimum Gasteiger partial charge on any atom is -0.493 e. The number of carbonyl (C=O) groups excluding carboxylic acids is 1. The van der Waals surface area contributed by atoms with E-state index in [-0.39, 0.29) is 11.9 Å². The van der Waals surface area contributed by atoms with Crippen LogP contribution < -0.4 is 15.4 Å². The Morgan fingerprint density at radius 1 is 1.43 bits per heavy atom. The van der Waals surface area contributed by atoms with Gasteiger partial charge in [0.05, 0.1) is 13.4 Å². The molecule has 0 spiro atoms. The van der Waals surface area contributed by atoms with Crippen LogP contribution in [0.2, 0.25) is 0 Å². The Bertz CT molecular complexity index is 694. The van der Waals surface area contributed by atoms with Gasteiger partial charge < -0.3 is 19.8 Å². The molecule has 0 radical (unpaired) electrons. The van der Waals surface area contributed by atoms with E-state index in [0.29, 0.717) is 29.0 Å². The predicted molar refractivity (Wildman–Crippen MR) is 78.6 cm³/mol. The molecule has 2 fully saturated rings. The summed E-state index contributed by atoms with van der Waals surface area (Å²) >= 11 is 0. The van der Waals surface area contributed by atoms with E-state index in [4.69, 9.17) is 9.15 Å². The van der Waals surface area contributed by atoms with Crippen LogP contribution >= 0.6 is 0 Å². The molecule has 1 aromatic heterocycles. The number of benzene rings is 1. The molecule has 1 amide bonds. The van der Waals surface area contributed by atoms with Crippen molar-refractivity contribution < 1.29 is 13.9 Å². The highest BCUT2D eigenvalue weighted by Crippen LogP contribution is 2.30. The van der Waals surface area contributed by atoms with Gasteiger partial charge >= 0.3 is 0 Å². The number of ether oxygens (including phenoxy) is 1. The molecule has 1 aromatic carbocycles. The van der Waals surface area contributed by atoms with Crippen molar-refractivity contribution in [2.24, 2.45) is 0 Å². The number of nitrogens with one attached hydrogen (secondary N) is 2. The van der Waals surface area contributed by atoms with E-state index in [1.54, 1.807) is 19.4 Å². The van der Waals surface area contributed by atoms with Crippen LogP contribution in [-0.4, -0.2) is 31.1 Å². The molecule has 2 aliphatic heterocycles. The molecule has 0 aliphatic carbocycles. The Morgan fingerprint density at radius 2 is 2.33 bits per heavy atom. The van der Waals surface area contributed by atoms with Crippen molar-refractivity contribution in [3.05, 3.63) is 30.0 Å². The van der Waals surface area contributed by atoms with Gasteiger partial charge in [-0.15, -0.1) is 0 Å². The number of carbonyl (C=O) groups is 1. The van der Waals surface area contributed by atoms with Crippen LogP contribution in [-0.2, 0) is 0 Å². The van der Waals surface area contributed by atoms with E-state index >= 15 is 0 Å². The topological polar surface area (TPSA) is 63.5 Å². The van der Waals surface area contributed by atoms with E-state index in [0.717, 1.165) is 18.2 Å². The van der Waals surface area contributed by atoms with Crippen LogP contribution in [0.1, 0.15) is 29.6 Å². The summed E-state index contributed by atoms with van der Waals surface area (Å²) in [5.74, 6) is 0.546. The highest BCUT2D eigenvalue weighted by atomic mass is 16.5. The van der Waals surface area contributed by atoms with Crippen molar-refractivity contribution in [2.45, 2.75) is 37.4 Å². The van der Waals surface area contributed by atoms with E-state index in [1.807, 2.05) is 12.1 Å². The average molecular weight is 286 g/mol. The Labute approximate surface area is 122 Å². The van der Waals surface area contributed by atoms with Crippen LogP contribution in [0.5, 0.6) is 5.75 Å². The van der Waals surface area contributed by atoms with E-state index in [2.05, 4.69) is 10.6 Å². The zero-order valence-corrected chi connectivity index (χ0v) is 11.9. The summed E-state index contributed by atoms with van der Waals surface area (Å²) in [6.45, 7) is 0. The molecule has 2 aromatic rings. The van der Waals surface area contributed by atoms with Gasteiger partial charge in [-0.2, -0.15) is 0 Å². The van der Waals surface area contributed by atoms with Crippen LogP contribution in [0, 0.1) is 0 Å². The lowest BCUT2D eigenvalue weighted by Gasteiger charge is -2.21. The second-order valence-electron chi connectivity index (χ2n) is 5.88. The van der Waals surface area contributed by atoms with Crippen molar-refractivity contribution in [3.8, 4) is 5.75 Å². The zero-order valence-electron chi connectivity index (χ0n) is 11.9. The third-order valence-electron chi connectivity index (χ3n) is 4.62. The highest BCUT2D eigenvalue weighted by molar-refractivity contribution is 5.99. The van der Waals surface area contributed by atoms with Crippen LogP contribution in [0.15, 0.2) is 28.9 Å². The van der Waals surface area contributed by atoms with E-state index in [9.17, 15) is 4.79 Å². The molecular weight excluding hydrogens is 268 g/mol. The molecule has 2 saturated heterocycles. The van der Waals surface area contributed by atoms with E-state index < -0.39 is 0 Å². The van der Waals surface area contributed by atoms with Crippen molar-refractivity contribution in [2.75, 3.05) is 7.11 Å².